The van der Waals surface area contributed by atoms with Gasteiger partial charge in [0.05, 0.1) is 6.10 Å². The quantitative estimate of drug-likeness (QED) is 0.481. The van der Waals surface area contributed by atoms with E-state index in [4.69, 9.17) is 11.5 Å². The molecule has 2 unspecified atom stereocenters. The summed E-state index contributed by atoms with van der Waals surface area (Å²) in [6, 6.07) is 0. The molecule has 1 fully saturated rings. The van der Waals surface area contributed by atoms with E-state index in [1.54, 1.807) is 0 Å². The van der Waals surface area contributed by atoms with Crippen LogP contribution in [-0.4, -0.2) is 21.9 Å². The topological polar surface area (TPSA) is 40.5 Å². The van der Waals surface area contributed by atoms with Crippen molar-refractivity contribution in [3.63, 3.8) is 0 Å². The molecule has 0 aromatic carbocycles. The van der Waals surface area contributed by atoms with Crippen molar-refractivity contribution in [2.45, 2.75) is 31.0 Å². The monoisotopic (exact) mass is 126 g/mol. The van der Waals surface area contributed by atoms with E-state index in [0.717, 1.165) is 0 Å². The summed E-state index contributed by atoms with van der Waals surface area (Å²) in [5.41, 5.74) is -0.950. The largest absolute Gasteiger partial charge is 0.390 e. The Bertz CT molecular complexity index is 147. The van der Waals surface area contributed by atoms with Crippen molar-refractivity contribution in [2.75, 3.05) is 0 Å². The predicted molar refractivity (Wildman–Crippen MR) is 33.6 cm³/mol. The summed E-state index contributed by atoms with van der Waals surface area (Å²) >= 11 is 0. The zero-order chi connectivity index (χ0) is 6.91. The van der Waals surface area contributed by atoms with Crippen molar-refractivity contribution in [1.29, 1.82) is 0 Å². The molecular weight excluding hydrogens is 116 g/mol. The molecule has 0 aromatic rings. The molecule has 2 atom stereocenters. The molecule has 1 saturated carbocycles. The summed E-state index contributed by atoms with van der Waals surface area (Å²) in [6.45, 7) is 0. The maximum absolute atomic E-state index is 9.29. The van der Waals surface area contributed by atoms with Crippen LogP contribution in [0.2, 0.25) is 0 Å². The Morgan fingerprint density at radius 2 is 2.44 bits per heavy atom. The van der Waals surface area contributed by atoms with Crippen molar-refractivity contribution in [2.24, 2.45) is 0 Å². The number of aliphatic hydroxyl groups excluding tert-OH is 1. The first-order valence-electron chi connectivity index (χ1n) is 3.03. The molecule has 0 heterocycles. The Morgan fingerprint density at radius 1 is 1.78 bits per heavy atom. The van der Waals surface area contributed by atoms with E-state index in [9.17, 15) is 5.11 Å². The third-order valence-electron chi connectivity index (χ3n) is 1.88. The van der Waals surface area contributed by atoms with Crippen molar-refractivity contribution in [3.8, 4) is 12.3 Å². The van der Waals surface area contributed by atoms with E-state index in [0.29, 0.717) is 12.8 Å². The van der Waals surface area contributed by atoms with Gasteiger partial charge in [0.15, 0.2) is 0 Å². The van der Waals surface area contributed by atoms with Gasteiger partial charge in [-0.05, 0) is 12.8 Å². The maximum Gasteiger partial charge on any atom is 0.101 e. The summed E-state index contributed by atoms with van der Waals surface area (Å²) < 4.78 is 0. The highest BCUT2D eigenvalue weighted by Crippen LogP contribution is 2.34. The van der Waals surface area contributed by atoms with Crippen LogP contribution < -0.4 is 0 Å². The van der Waals surface area contributed by atoms with Gasteiger partial charge in [-0.1, -0.05) is 0 Å². The molecule has 1 rings (SSSR count). The molecule has 0 aliphatic heterocycles. The lowest BCUT2D eigenvalue weighted by Crippen LogP contribution is -2.51. The van der Waals surface area contributed by atoms with Crippen molar-refractivity contribution in [3.05, 3.63) is 0 Å². The molecule has 2 heteroatoms. The van der Waals surface area contributed by atoms with Crippen LogP contribution in [0, 0.1) is 12.3 Å². The molecule has 50 valence electrons. The second-order valence-electron chi connectivity index (χ2n) is 2.54. The summed E-state index contributed by atoms with van der Waals surface area (Å²) in [6.07, 6.45) is 5.96. The standard InChI is InChI=1S/C7H10O2/c1-2-4-7(9)5-3-6(7)8/h1,6,8-9H,3-5H2. The molecule has 0 bridgehead atoms. The van der Waals surface area contributed by atoms with Gasteiger partial charge in [0.2, 0.25) is 0 Å². The molecule has 1 aliphatic rings. The molecule has 0 amide bonds. The lowest BCUT2D eigenvalue weighted by molar-refractivity contribution is -0.140. The van der Waals surface area contributed by atoms with Crippen LogP contribution in [0.1, 0.15) is 19.3 Å². The second-order valence-corrected chi connectivity index (χ2v) is 2.54. The predicted octanol–water partition coefficient (Wildman–Crippen LogP) is -0.104. The smallest absolute Gasteiger partial charge is 0.101 e. The van der Waals surface area contributed by atoms with E-state index in [2.05, 4.69) is 5.92 Å². The second kappa shape index (κ2) is 2.02. The lowest BCUT2D eigenvalue weighted by atomic mass is 9.75. The van der Waals surface area contributed by atoms with Crippen molar-refractivity contribution >= 4 is 0 Å². The van der Waals surface area contributed by atoms with E-state index < -0.39 is 11.7 Å². The van der Waals surface area contributed by atoms with Gasteiger partial charge in [0, 0.05) is 6.42 Å². The minimum Gasteiger partial charge on any atom is -0.390 e. The van der Waals surface area contributed by atoms with Crippen LogP contribution in [0.5, 0.6) is 0 Å². The summed E-state index contributed by atoms with van der Waals surface area (Å²) in [4.78, 5) is 0. The zero-order valence-electron chi connectivity index (χ0n) is 5.17. The average Bonchev–Trinajstić information content (AvgIpc) is 1.86. The zero-order valence-corrected chi connectivity index (χ0v) is 5.17. The third-order valence-corrected chi connectivity index (χ3v) is 1.88. The molecule has 0 spiro atoms. The van der Waals surface area contributed by atoms with Gasteiger partial charge in [0.25, 0.3) is 0 Å². The summed E-state index contributed by atoms with van der Waals surface area (Å²) in [5.74, 6) is 2.33. The van der Waals surface area contributed by atoms with Gasteiger partial charge < -0.3 is 10.2 Å². The van der Waals surface area contributed by atoms with Gasteiger partial charge in [-0.3, -0.25) is 0 Å². The van der Waals surface area contributed by atoms with Crippen molar-refractivity contribution in [1.82, 2.24) is 0 Å². The first-order valence-corrected chi connectivity index (χ1v) is 3.03. The van der Waals surface area contributed by atoms with Crippen LogP contribution in [0.4, 0.5) is 0 Å². The minimum atomic E-state index is -0.950. The molecular formula is C7H10O2. The summed E-state index contributed by atoms with van der Waals surface area (Å²) in [5, 5.41) is 18.2. The van der Waals surface area contributed by atoms with Crippen LogP contribution in [0.15, 0.2) is 0 Å². The molecule has 0 radical (unpaired) electrons. The molecule has 0 saturated heterocycles. The molecule has 9 heavy (non-hydrogen) atoms. The molecule has 2 N–H and O–H groups in total. The minimum absolute atomic E-state index is 0.272. The highest BCUT2D eigenvalue weighted by molar-refractivity contribution is 5.04. The SMILES string of the molecule is C#CCC1(O)CCC1O. The highest BCUT2D eigenvalue weighted by Gasteiger charge is 2.43. The molecule has 2 nitrogen and oxygen atoms in total. The Morgan fingerprint density at radius 3 is 2.56 bits per heavy atom. The van der Waals surface area contributed by atoms with Gasteiger partial charge in [-0.15, -0.1) is 12.3 Å². The van der Waals surface area contributed by atoms with E-state index in [1.807, 2.05) is 0 Å². The van der Waals surface area contributed by atoms with Gasteiger partial charge in [-0.25, -0.2) is 0 Å². The summed E-state index contributed by atoms with van der Waals surface area (Å²) in [7, 11) is 0. The Hall–Kier alpha value is -0.520. The number of hydrogen-bond donors (Lipinski definition) is 2. The Kier molecular flexibility index (Phi) is 1.48. The fraction of sp³-hybridized carbons (Fsp3) is 0.714. The van der Waals surface area contributed by atoms with E-state index in [1.165, 1.54) is 0 Å². The van der Waals surface area contributed by atoms with Crippen LogP contribution in [0.25, 0.3) is 0 Å². The number of aliphatic hydroxyl groups is 2. The van der Waals surface area contributed by atoms with Crippen molar-refractivity contribution < 1.29 is 10.2 Å². The van der Waals surface area contributed by atoms with Crippen LogP contribution in [0.3, 0.4) is 0 Å². The maximum atomic E-state index is 9.29. The van der Waals surface area contributed by atoms with Gasteiger partial charge >= 0.3 is 0 Å². The molecule has 1 aliphatic carbocycles. The van der Waals surface area contributed by atoms with Crippen LogP contribution >= 0.6 is 0 Å². The number of hydrogen-bond acceptors (Lipinski definition) is 2. The molecule has 0 aromatic heterocycles. The van der Waals surface area contributed by atoms with E-state index >= 15 is 0 Å². The average molecular weight is 126 g/mol. The van der Waals surface area contributed by atoms with E-state index in [-0.39, 0.29) is 6.42 Å². The first kappa shape index (κ1) is 6.60. The Balaban J connectivity index is 2.46. The number of terminal acetylenes is 1. The fourth-order valence-electron chi connectivity index (χ4n) is 0.990. The number of rotatable bonds is 1. The fourth-order valence-corrected chi connectivity index (χ4v) is 0.990. The van der Waals surface area contributed by atoms with Gasteiger partial charge in [0.1, 0.15) is 5.60 Å². The third kappa shape index (κ3) is 0.937. The highest BCUT2D eigenvalue weighted by atomic mass is 16.3. The lowest BCUT2D eigenvalue weighted by Gasteiger charge is -2.40. The van der Waals surface area contributed by atoms with Crippen LogP contribution in [-0.2, 0) is 0 Å². The van der Waals surface area contributed by atoms with Gasteiger partial charge in [-0.2, -0.15) is 0 Å². The first-order chi connectivity index (χ1) is 4.19. The Labute approximate surface area is 54.5 Å². The normalized spacial score (nSPS) is 41.2.